The Morgan fingerprint density at radius 1 is 1.36 bits per heavy atom. The Kier molecular flexibility index (Phi) is 4.24. The molecule has 1 aliphatic rings. The van der Waals surface area contributed by atoms with Crippen molar-refractivity contribution in [2.45, 2.75) is 32.4 Å². The van der Waals surface area contributed by atoms with Gasteiger partial charge in [0.15, 0.2) is 0 Å². The number of rotatable bonds is 1. The zero-order valence-electron chi connectivity index (χ0n) is 14.7. The maximum Gasteiger partial charge on any atom is 0.408 e. The van der Waals surface area contributed by atoms with Gasteiger partial charge in [-0.1, -0.05) is 0 Å². The van der Waals surface area contributed by atoms with Crippen molar-refractivity contribution in [3.8, 4) is 5.75 Å². The first-order valence-electron chi connectivity index (χ1n) is 8.04. The topological polar surface area (TPSA) is 80.8 Å². The summed E-state index contributed by atoms with van der Waals surface area (Å²) in [5.41, 5.74) is 0.766. The fourth-order valence-corrected chi connectivity index (χ4v) is 2.72. The van der Waals surface area contributed by atoms with E-state index in [1.165, 1.54) is 4.90 Å². The van der Waals surface area contributed by atoms with E-state index in [0.717, 1.165) is 10.9 Å². The van der Waals surface area contributed by atoms with E-state index in [-0.39, 0.29) is 12.5 Å². The Balaban J connectivity index is 1.89. The van der Waals surface area contributed by atoms with Crippen LogP contribution in [0.4, 0.5) is 10.5 Å². The van der Waals surface area contributed by atoms with E-state index in [4.69, 9.17) is 9.47 Å². The normalized spacial score (nSPS) is 17.5. The Labute approximate surface area is 145 Å². The van der Waals surface area contributed by atoms with E-state index in [2.05, 4.69) is 10.3 Å². The van der Waals surface area contributed by atoms with Gasteiger partial charge in [-0.05, 0) is 45.0 Å². The minimum absolute atomic E-state index is 0.0290. The van der Waals surface area contributed by atoms with Crippen molar-refractivity contribution in [1.82, 2.24) is 10.3 Å². The Morgan fingerprint density at radius 3 is 2.84 bits per heavy atom. The zero-order valence-corrected chi connectivity index (χ0v) is 14.7. The van der Waals surface area contributed by atoms with E-state index in [9.17, 15) is 9.59 Å². The summed E-state index contributed by atoms with van der Waals surface area (Å²) in [6.45, 7) is 5.32. The number of ether oxygens (including phenoxy) is 2. The number of likely N-dealkylation sites (N-methyl/N-ethyl adjacent to an activating group) is 1. The number of carbonyl (C=O) groups is 2. The molecule has 3 rings (SSSR count). The molecule has 7 heteroatoms. The van der Waals surface area contributed by atoms with Crippen LogP contribution < -0.4 is 15.0 Å². The van der Waals surface area contributed by atoms with Crippen molar-refractivity contribution in [3.63, 3.8) is 0 Å². The Hall–Kier alpha value is -2.83. The molecule has 7 nitrogen and oxygen atoms in total. The van der Waals surface area contributed by atoms with Gasteiger partial charge in [-0.3, -0.25) is 9.78 Å². The largest absolute Gasteiger partial charge is 0.489 e. The molecule has 0 bridgehead atoms. The van der Waals surface area contributed by atoms with Crippen LogP contribution in [0.1, 0.15) is 20.8 Å². The number of amides is 2. The average molecular weight is 343 g/mol. The summed E-state index contributed by atoms with van der Waals surface area (Å²) in [7, 11) is 1.66. The number of hydrogen-bond donors (Lipinski definition) is 1. The summed E-state index contributed by atoms with van der Waals surface area (Å²) in [5, 5.41) is 3.40. The molecule has 1 atom stereocenters. The van der Waals surface area contributed by atoms with Gasteiger partial charge in [-0.2, -0.15) is 0 Å². The first kappa shape index (κ1) is 17.0. The summed E-state index contributed by atoms with van der Waals surface area (Å²) >= 11 is 0. The molecule has 1 aliphatic heterocycles. The second-order valence-corrected chi connectivity index (χ2v) is 6.89. The zero-order chi connectivity index (χ0) is 18.2. The molecule has 0 saturated carbocycles. The highest BCUT2D eigenvalue weighted by Crippen LogP contribution is 2.37. The predicted octanol–water partition coefficient (Wildman–Crippen LogP) is 2.48. The number of alkyl carbamates (subject to hydrolysis) is 1. The summed E-state index contributed by atoms with van der Waals surface area (Å²) in [6, 6.07) is 6.48. The fraction of sp³-hybridized carbons (Fsp3) is 0.389. The van der Waals surface area contributed by atoms with E-state index in [1.807, 2.05) is 18.2 Å². The Bertz CT molecular complexity index is 829. The molecule has 132 valence electrons. The number of benzene rings is 1. The van der Waals surface area contributed by atoms with E-state index < -0.39 is 17.7 Å². The standard InChI is InChI=1S/C18H21N3O4/c1-18(2,3)25-17(23)20-13-10-24-14-8-7-12-11(6-5-9-19-12)15(14)21(4)16(13)22/h5-9,13H,10H2,1-4H3,(H,20,23)/t13-/m0/s1. The summed E-state index contributed by atoms with van der Waals surface area (Å²) in [6.07, 6.45) is 1.04. The first-order chi connectivity index (χ1) is 11.8. The van der Waals surface area contributed by atoms with Crippen LogP contribution in [-0.4, -0.2) is 42.3 Å². The molecule has 1 aromatic heterocycles. The smallest absolute Gasteiger partial charge is 0.408 e. The van der Waals surface area contributed by atoms with Crippen LogP contribution in [0.5, 0.6) is 5.75 Å². The molecule has 2 heterocycles. The minimum atomic E-state index is -0.834. The lowest BCUT2D eigenvalue weighted by molar-refractivity contribution is -0.120. The third-order valence-electron chi connectivity index (χ3n) is 3.78. The van der Waals surface area contributed by atoms with Crippen LogP contribution in [-0.2, 0) is 9.53 Å². The molecule has 0 saturated heterocycles. The van der Waals surface area contributed by atoms with Gasteiger partial charge in [-0.15, -0.1) is 0 Å². The van der Waals surface area contributed by atoms with Crippen molar-refractivity contribution >= 4 is 28.6 Å². The average Bonchev–Trinajstić information content (AvgIpc) is 2.65. The molecule has 0 spiro atoms. The van der Waals surface area contributed by atoms with Gasteiger partial charge in [0.1, 0.15) is 24.0 Å². The lowest BCUT2D eigenvalue weighted by Gasteiger charge is -2.24. The molecule has 0 radical (unpaired) electrons. The fourth-order valence-electron chi connectivity index (χ4n) is 2.72. The van der Waals surface area contributed by atoms with Crippen molar-refractivity contribution in [3.05, 3.63) is 30.5 Å². The minimum Gasteiger partial charge on any atom is -0.489 e. The van der Waals surface area contributed by atoms with E-state index in [0.29, 0.717) is 11.4 Å². The van der Waals surface area contributed by atoms with Crippen LogP contribution in [0.15, 0.2) is 30.5 Å². The van der Waals surface area contributed by atoms with Crippen LogP contribution >= 0.6 is 0 Å². The third-order valence-corrected chi connectivity index (χ3v) is 3.78. The molecule has 0 fully saturated rings. The van der Waals surface area contributed by atoms with Crippen LogP contribution in [0.2, 0.25) is 0 Å². The molecule has 0 aliphatic carbocycles. The van der Waals surface area contributed by atoms with Gasteiger partial charge < -0.3 is 19.7 Å². The highest BCUT2D eigenvalue weighted by atomic mass is 16.6. The van der Waals surface area contributed by atoms with Crippen LogP contribution in [0, 0.1) is 0 Å². The molecular weight excluding hydrogens is 322 g/mol. The number of nitrogens with zero attached hydrogens (tertiary/aromatic N) is 2. The second-order valence-electron chi connectivity index (χ2n) is 6.89. The van der Waals surface area contributed by atoms with Crippen molar-refractivity contribution in [2.24, 2.45) is 0 Å². The number of pyridine rings is 1. The molecule has 25 heavy (non-hydrogen) atoms. The summed E-state index contributed by atoms with van der Waals surface area (Å²) in [5.74, 6) is 0.297. The molecule has 2 amide bonds. The molecule has 2 aromatic rings. The maximum absolute atomic E-state index is 12.8. The second kappa shape index (κ2) is 6.23. The number of fused-ring (bicyclic) bond motifs is 3. The van der Waals surface area contributed by atoms with Crippen LogP contribution in [0.25, 0.3) is 10.9 Å². The van der Waals surface area contributed by atoms with Crippen molar-refractivity contribution in [1.29, 1.82) is 0 Å². The number of anilines is 1. The quantitative estimate of drug-likeness (QED) is 0.860. The number of carbonyl (C=O) groups excluding carboxylic acids is 2. The highest BCUT2D eigenvalue weighted by Gasteiger charge is 2.32. The molecular formula is C18H21N3O4. The number of aromatic nitrogens is 1. The number of hydrogen-bond acceptors (Lipinski definition) is 5. The highest BCUT2D eigenvalue weighted by molar-refractivity contribution is 6.07. The maximum atomic E-state index is 12.8. The predicted molar refractivity (Wildman–Crippen MR) is 93.8 cm³/mol. The monoisotopic (exact) mass is 343 g/mol. The molecule has 0 unspecified atom stereocenters. The van der Waals surface area contributed by atoms with Crippen molar-refractivity contribution < 1.29 is 19.1 Å². The third kappa shape index (κ3) is 3.50. The number of nitrogens with one attached hydrogen (secondary N) is 1. The lowest BCUT2D eigenvalue weighted by atomic mass is 10.1. The summed E-state index contributed by atoms with van der Waals surface area (Å²) < 4.78 is 11.0. The van der Waals surface area contributed by atoms with Gasteiger partial charge in [0, 0.05) is 18.6 Å². The van der Waals surface area contributed by atoms with Gasteiger partial charge in [0.05, 0.1) is 11.2 Å². The van der Waals surface area contributed by atoms with Gasteiger partial charge in [0.25, 0.3) is 5.91 Å². The van der Waals surface area contributed by atoms with E-state index in [1.54, 1.807) is 40.1 Å². The van der Waals surface area contributed by atoms with Gasteiger partial charge in [0.2, 0.25) is 0 Å². The Morgan fingerprint density at radius 2 is 2.12 bits per heavy atom. The lowest BCUT2D eigenvalue weighted by Crippen LogP contribution is -2.50. The summed E-state index contributed by atoms with van der Waals surface area (Å²) in [4.78, 5) is 30.6. The van der Waals surface area contributed by atoms with Crippen molar-refractivity contribution in [2.75, 3.05) is 18.6 Å². The van der Waals surface area contributed by atoms with Gasteiger partial charge in [-0.25, -0.2) is 4.79 Å². The SMILES string of the molecule is CN1C(=O)[C@@H](NC(=O)OC(C)(C)C)COc2ccc3ncccc3c21. The van der Waals surface area contributed by atoms with E-state index >= 15 is 0 Å². The first-order valence-corrected chi connectivity index (χ1v) is 8.04. The van der Waals surface area contributed by atoms with Crippen LogP contribution in [0.3, 0.4) is 0 Å². The van der Waals surface area contributed by atoms with Gasteiger partial charge >= 0.3 is 6.09 Å². The molecule has 1 N–H and O–H groups in total. The molecule has 1 aromatic carbocycles.